The summed E-state index contributed by atoms with van der Waals surface area (Å²) in [4.78, 5) is 25.0. The first-order valence-electron chi connectivity index (χ1n) is 14.0. The van der Waals surface area contributed by atoms with E-state index in [0.717, 1.165) is 17.8 Å². The van der Waals surface area contributed by atoms with E-state index in [1.807, 2.05) is 37.5 Å². The van der Waals surface area contributed by atoms with Gasteiger partial charge in [0.2, 0.25) is 5.88 Å². The van der Waals surface area contributed by atoms with E-state index < -0.39 is 17.6 Å². The van der Waals surface area contributed by atoms with Crippen LogP contribution in [-0.2, 0) is 17.8 Å². The Morgan fingerprint density at radius 2 is 1.89 bits per heavy atom. The average Bonchev–Trinajstić information content (AvgIpc) is 3.51. The normalized spacial score (nSPS) is 16.0. The maximum Gasteiger partial charge on any atom is 0.335 e. The van der Waals surface area contributed by atoms with Crippen molar-refractivity contribution in [1.82, 2.24) is 19.5 Å². The van der Waals surface area contributed by atoms with E-state index in [1.54, 1.807) is 30.3 Å². The molecule has 4 heterocycles. The number of fused-ring (bicyclic) bond motifs is 1. The van der Waals surface area contributed by atoms with Gasteiger partial charge in [0.25, 0.3) is 0 Å². The number of aromatic nitrogens is 4. The summed E-state index contributed by atoms with van der Waals surface area (Å²) < 4.78 is 44.7. The van der Waals surface area contributed by atoms with Crippen molar-refractivity contribution in [2.24, 2.45) is 5.41 Å². The maximum absolute atomic E-state index is 15.6. The Kier molecular flexibility index (Phi) is 7.81. The summed E-state index contributed by atoms with van der Waals surface area (Å²) in [5.74, 6) is -1.64. The van der Waals surface area contributed by atoms with Crippen molar-refractivity contribution in [2.75, 3.05) is 13.2 Å². The smallest absolute Gasteiger partial charge is 0.335 e. The molecular weight excluding hydrogens is 590 g/mol. The minimum atomic E-state index is -1.06. The van der Waals surface area contributed by atoms with Crippen LogP contribution in [0.1, 0.15) is 52.9 Å². The molecule has 11 heteroatoms. The second-order valence-corrected chi connectivity index (χ2v) is 11.9. The summed E-state index contributed by atoms with van der Waals surface area (Å²) in [6.07, 6.45) is -0.0192. The van der Waals surface area contributed by atoms with Gasteiger partial charge in [-0.25, -0.2) is 28.5 Å². The molecule has 1 N–H and O–H groups in total. The molecule has 0 saturated carbocycles. The predicted molar refractivity (Wildman–Crippen MR) is 161 cm³/mol. The third-order valence-corrected chi connectivity index (χ3v) is 8.23. The number of carboxylic acid groups (broad SMARTS) is 1. The number of imidazole rings is 1. The zero-order chi connectivity index (χ0) is 31.2. The Balaban J connectivity index is 1.31. The number of ether oxygens (including phenoxy) is 2. The topological polar surface area (TPSA) is 99.4 Å². The minimum Gasteiger partial charge on any atom is -0.478 e. The van der Waals surface area contributed by atoms with Crippen LogP contribution < -0.4 is 4.74 Å². The summed E-state index contributed by atoms with van der Waals surface area (Å²) in [6, 6.07) is 15.2. The molecule has 3 aromatic heterocycles. The molecule has 1 aliphatic heterocycles. The van der Waals surface area contributed by atoms with Gasteiger partial charge in [-0.3, -0.25) is 0 Å². The molecule has 226 valence electrons. The van der Waals surface area contributed by atoms with E-state index >= 15 is 8.78 Å². The second kappa shape index (κ2) is 11.6. The highest BCUT2D eigenvalue weighted by Crippen LogP contribution is 2.40. The molecule has 6 rings (SSSR count). The molecule has 1 fully saturated rings. The van der Waals surface area contributed by atoms with Crippen molar-refractivity contribution in [1.29, 1.82) is 0 Å². The van der Waals surface area contributed by atoms with Gasteiger partial charge in [0.15, 0.2) is 0 Å². The minimum absolute atomic E-state index is 0.0170. The standard InChI is InChI=1S/C33H29ClF2N4O4/c1-18-7-8-20(31(34)37-18)15-44-30-6-4-5-25(39-30)22-14-23(35)21(11-24(22)36)13-29-38-26-10-9-19(32(41)42)12-27(26)40(29)28-16-43-17-33(28,2)3/h4-12,14,28H,13,15-17H2,1-3H3,(H,41,42). The highest BCUT2D eigenvalue weighted by molar-refractivity contribution is 6.30. The fourth-order valence-electron chi connectivity index (χ4n) is 5.48. The zero-order valence-corrected chi connectivity index (χ0v) is 25.0. The van der Waals surface area contributed by atoms with E-state index in [9.17, 15) is 9.90 Å². The molecule has 8 nitrogen and oxygen atoms in total. The molecule has 0 radical (unpaired) electrons. The van der Waals surface area contributed by atoms with Crippen LogP contribution in [0.2, 0.25) is 5.15 Å². The van der Waals surface area contributed by atoms with E-state index in [-0.39, 0.29) is 52.7 Å². The van der Waals surface area contributed by atoms with Crippen LogP contribution in [0.15, 0.2) is 60.7 Å². The Labute approximate surface area is 257 Å². The quantitative estimate of drug-likeness (QED) is 0.184. The zero-order valence-electron chi connectivity index (χ0n) is 24.3. The predicted octanol–water partition coefficient (Wildman–Crippen LogP) is 7.20. The number of aryl methyl sites for hydroxylation is 1. The van der Waals surface area contributed by atoms with Gasteiger partial charge in [0, 0.05) is 34.7 Å². The van der Waals surface area contributed by atoms with Gasteiger partial charge < -0.3 is 19.1 Å². The van der Waals surface area contributed by atoms with Crippen LogP contribution in [0.3, 0.4) is 0 Å². The first kappa shape index (κ1) is 29.7. The number of carboxylic acids is 1. The summed E-state index contributed by atoms with van der Waals surface area (Å²) in [7, 11) is 0. The third-order valence-electron chi connectivity index (χ3n) is 7.90. The van der Waals surface area contributed by atoms with Gasteiger partial charge in [-0.05, 0) is 55.0 Å². The molecule has 1 saturated heterocycles. The molecule has 0 bridgehead atoms. The summed E-state index contributed by atoms with van der Waals surface area (Å²) in [5, 5.41) is 9.91. The van der Waals surface area contributed by atoms with Crippen LogP contribution in [0.5, 0.6) is 5.88 Å². The average molecular weight is 619 g/mol. The molecule has 1 unspecified atom stereocenters. The van der Waals surface area contributed by atoms with Gasteiger partial charge in [-0.1, -0.05) is 37.6 Å². The molecule has 0 spiro atoms. The van der Waals surface area contributed by atoms with Crippen molar-refractivity contribution in [3.05, 3.63) is 106 Å². The number of nitrogens with zero attached hydrogens (tertiary/aromatic N) is 4. The first-order chi connectivity index (χ1) is 21.0. The number of hydrogen-bond donors (Lipinski definition) is 1. The number of carbonyl (C=O) groups is 1. The van der Waals surface area contributed by atoms with Gasteiger partial charge in [-0.2, -0.15) is 0 Å². The number of rotatable bonds is 8. The van der Waals surface area contributed by atoms with Crippen LogP contribution in [0.25, 0.3) is 22.3 Å². The van der Waals surface area contributed by atoms with Gasteiger partial charge >= 0.3 is 5.97 Å². The molecule has 0 amide bonds. The molecule has 1 aliphatic rings. The van der Waals surface area contributed by atoms with Gasteiger partial charge in [0.1, 0.15) is 29.2 Å². The molecule has 1 atom stereocenters. The van der Waals surface area contributed by atoms with Gasteiger partial charge in [0.05, 0.1) is 41.5 Å². The van der Waals surface area contributed by atoms with Crippen LogP contribution in [0.4, 0.5) is 8.78 Å². The van der Waals surface area contributed by atoms with Gasteiger partial charge in [-0.15, -0.1) is 0 Å². The van der Waals surface area contributed by atoms with E-state index in [1.165, 1.54) is 6.07 Å². The van der Waals surface area contributed by atoms with Crippen LogP contribution in [-0.4, -0.2) is 43.8 Å². The highest BCUT2D eigenvalue weighted by Gasteiger charge is 2.39. The molecule has 0 aliphatic carbocycles. The van der Waals surface area contributed by atoms with E-state index in [2.05, 4.69) is 9.97 Å². The summed E-state index contributed by atoms with van der Waals surface area (Å²) >= 11 is 6.20. The number of hydrogen-bond acceptors (Lipinski definition) is 6. The summed E-state index contributed by atoms with van der Waals surface area (Å²) in [6.45, 7) is 6.92. The lowest BCUT2D eigenvalue weighted by atomic mass is 9.87. The lowest BCUT2D eigenvalue weighted by Gasteiger charge is -2.28. The Morgan fingerprint density at radius 3 is 2.61 bits per heavy atom. The van der Waals surface area contributed by atoms with Crippen molar-refractivity contribution in [2.45, 2.75) is 39.8 Å². The Bertz CT molecular complexity index is 1910. The monoisotopic (exact) mass is 618 g/mol. The SMILES string of the molecule is Cc1ccc(COc2cccc(-c3cc(F)c(Cc4nc5ccc(C(=O)O)cc5n4C4COCC4(C)C)cc3F)n2)c(Cl)n1. The fourth-order valence-corrected chi connectivity index (χ4v) is 5.73. The first-order valence-corrected chi connectivity index (χ1v) is 14.4. The van der Waals surface area contributed by atoms with Crippen LogP contribution in [0, 0.1) is 24.0 Å². The van der Waals surface area contributed by atoms with Crippen molar-refractivity contribution < 1.29 is 28.2 Å². The lowest BCUT2D eigenvalue weighted by molar-refractivity contribution is 0.0697. The Hall–Kier alpha value is -4.41. The molecule has 2 aromatic carbocycles. The van der Waals surface area contributed by atoms with Crippen molar-refractivity contribution in [3.63, 3.8) is 0 Å². The lowest BCUT2D eigenvalue weighted by Crippen LogP contribution is -2.27. The number of pyridine rings is 2. The van der Waals surface area contributed by atoms with Crippen molar-refractivity contribution >= 4 is 28.6 Å². The van der Waals surface area contributed by atoms with E-state index in [4.69, 9.17) is 26.1 Å². The van der Waals surface area contributed by atoms with Crippen LogP contribution >= 0.6 is 11.6 Å². The second-order valence-electron chi connectivity index (χ2n) is 11.6. The molecule has 44 heavy (non-hydrogen) atoms. The number of aromatic carboxylic acids is 1. The van der Waals surface area contributed by atoms with E-state index in [0.29, 0.717) is 40.8 Å². The molecule has 5 aromatic rings. The largest absolute Gasteiger partial charge is 0.478 e. The highest BCUT2D eigenvalue weighted by atomic mass is 35.5. The summed E-state index contributed by atoms with van der Waals surface area (Å²) in [5.41, 5.74) is 2.72. The molecular formula is C33H29ClF2N4O4. The fraction of sp³-hybridized carbons (Fsp3) is 0.273. The maximum atomic E-state index is 15.6. The van der Waals surface area contributed by atoms with Crippen molar-refractivity contribution in [3.8, 4) is 17.1 Å². The Morgan fingerprint density at radius 1 is 1.07 bits per heavy atom. The number of benzene rings is 2. The third kappa shape index (κ3) is 5.75. The number of halogens is 3.